The van der Waals surface area contributed by atoms with Crippen molar-refractivity contribution in [3.05, 3.63) is 54.4 Å². The predicted octanol–water partition coefficient (Wildman–Crippen LogP) is 5.51. The number of nitrogens with zero attached hydrogens (tertiary/aromatic N) is 3. The highest BCUT2D eigenvalue weighted by molar-refractivity contribution is 5.99. The Kier molecular flexibility index (Phi) is 5.98. The molecule has 0 radical (unpaired) electrons. The molecule has 2 N–H and O–H groups in total. The summed E-state index contributed by atoms with van der Waals surface area (Å²) in [5, 5.41) is 10.8. The van der Waals surface area contributed by atoms with Gasteiger partial charge >= 0.3 is 0 Å². The summed E-state index contributed by atoms with van der Waals surface area (Å²) in [5.41, 5.74) is 7.91. The molecule has 3 aromatic rings. The van der Waals surface area contributed by atoms with Crippen LogP contribution in [-0.4, -0.2) is 28.8 Å². The molecule has 2 aliphatic rings. The molecule has 0 saturated carbocycles. The van der Waals surface area contributed by atoms with Crippen molar-refractivity contribution in [1.29, 1.82) is 0 Å². The van der Waals surface area contributed by atoms with Gasteiger partial charge in [0.05, 0.1) is 23.3 Å². The van der Waals surface area contributed by atoms with Crippen molar-refractivity contribution in [1.82, 2.24) is 9.78 Å². The van der Waals surface area contributed by atoms with Gasteiger partial charge < -0.3 is 15.5 Å². The number of carbonyl (C=O) groups excluding carboxylic acids is 1. The maximum atomic E-state index is 12.0. The Hall–Kier alpha value is -3.28. The van der Waals surface area contributed by atoms with E-state index in [0.29, 0.717) is 18.9 Å². The van der Waals surface area contributed by atoms with Gasteiger partial charge in [-0.15, -0.1) is 0 Å². The first kappa shape index (κ1) is 21.0. The van der Waals surface area contributed by atoms with Gasteiger partial charge in [-0.05, 0) is 47.7 Å². The number of benzene rings is 2. The van der Waals surface area contributed by atoms with Crippen molar-refractivity contribution in [2.24, 2.45) is 7.05 Å². The Morgan fingerprint density at radius 2 is 1.94 bits per heavy atom. The fraction of sp³-hybridized carbons (Fsp3) is 0.360. The number of rotatable bonds is 2. The van der Waals surface area contributed by atoms with E-state index in [2.05, 4.69) is 58.0 Å². The zero-order valence-electron chi connectivity index (χ0n) is 18.8. The Balaban J connectivity index is 0.00000112. The third-order valence-corrected chi connectivity index (χ3v) is 5.93. The van der Waals surface area contributed by atoms with Crippen LogP contribution in [-0.2, 0) is 11.8 Å². The van der Waals surface area contributed by atoms with Crippen LogP contribution in [0.5, 0.6) is 0 Å². The molecular formula is C25H31N5O. The minimum atomic E-state index is 0.0576. The topological polar surface area (TPSA) is 62.2 Å². The van der Waals surface area contributed by atoms with Gasteiger partial charge in [0.1, 0.15) is 0 Å². The van der Waals surface area contributed by atoms with Gasteiger partial charge in [-0.1, -0.05) is 32.9 Å². The summed E-state index contributed by atoms with van der Waals surface area (Å²) in [6.07, 6.45) is 5.53. The second-order valence-corrected chi connectivity index (χ2v) is 7.94. The molecule has 2 aliphatic heterocycles. The van der Waals surface area contributed by atoms with E-state index in [0.717, 1.165) is 35.6 Å². The second kappa shape index (κ2) is 8.84. The van der Waals surface area contributed by atoms with E-state index in [1.165, 1.54) is 16.8 Å². The van der Waals surface area contributed by atoms with Gasteiger partial charge in [0.2, 0.25) is 5.91 Å². The van der Waals surface area contributed by atoms with E-state index >= 15 is 0 Å². The van der Waals surface area contributed by atoms with Crippen LogP contribution in [0.2, 0.25) is 0 Å². The first-order valence-electron chi connectivity index (χ1n) is 11.2. The molecule has 0 fully saturated rings. The zero-order valence-corrected chi connectivity index (χ0v) is 18.8. The van der Waals surface area contributed by atoms with Crippen molar-refractivity contribution in [2.75, 3.05) is 28.6 Å². The molecule has 1 amide bonds. The van der Waals surface area contributed by atoms with Crippen LogP contribution in [0.1, 0.15) is 45.1 Å². The molecule has 31 heavy (non-hydrogen) atoms. The number of amides is 1. The Morgan fingerprint density at radius 3 is 2.71 bits per heavy atom. The van der Waals surface area contributed by atoms with E-state index in [4.69, 9.17) is 0 Å². The minimum absolute atomic E-state index is 0.0576. The highest BCUT2D eigenvalue weighted by Crippen LogP contribution is 2.45. The number of hydrogen-bond acceptors (Lipinski definition) is 4. The normalized spacial score (nSPS) is 17.4. The molecule has 162 valence electrons. The lowest BCUT2D eigenvalue weighted by Crippen LogP contribution is -2.27. The Morgan fingerprint density at radius 1 is 1.10 bits per heavy atom. The molecule has 0 saturated heterocycles. The number of para-hydroxylation sites is 1. The number of nitrogens with one attached hydrogen (secondary N) is 2. The van der Waals surface area contributed by atoms with E-state index in [1.54, 1.807) is 0 Å². The summed E-state index contributed by atoms with van der Waals surface area (Å²) < 4.78 is 1.84. The van der Waals surface area contributed by atoms with E-state index in [-0.39, 0.29) is 5.91 Å². The molecule has 1 aromatic heterocycles. The van der Waals surface area contributed by atoms with Crippen molar-refractivity contribution < 1.29 is 4.79 Å². The lowest BCUT2D eigenvalue weighted by molar-refractivity contribution is -0.115. The molecule has 5 rings (SSSR count). The number of carbonyl (C=O) groups is 1. The van der Waals surface area contributed by atoms with Crippen molar-refractivity contribution >= 4 is 28.7 Å². The molecule has 1 unspecified atom stereocenters. The smallest absolute Gasteiger partial charge is 0.226 e. The number of anilines is 4. The first-order chi connectivity index (χ1) is 15.1. The Bertz CT molecular complexity index is 1090. The van der Waals surface area contributed by atoms with Gasteiger partial charge in [0.25, 0.3) is 0 Å². The molecule has 0 aliphatic carbocycles. The Labute approximate surface area is 184 Å². The van der Waals surface area contributed by atoms with Crippen LogP contribution < -0.4 is 15.5 Å². The van der Waals surface area contributed by atoms with Crippen LogP contribution in [0.4, 0.5) is 22.7 Å². The van der Waals surface area contributed by atoms with E-state index in [9.17, 15) is 4.79 Å². The van der Waals surface area contributed by atoms with Gasteiger partial charge in [0, 0.05) is 44.0 Å². The second-order valence-electron chi connectivity index (χ2n) is 7.94. The third-order valence-electron chi connectivity index (χ3n) is 5.93. The lowest BCUT2D eigenvalue weighted by Gasteiger charge is -2.36. The summed E-state index contributed by atoms with van der Waals surface area (Å²) >= 11 is 0. The number of fused-ring (bicyclic) bond motifs is 2. The number of hydrogen-bond donors (Lipinski definition) is 2. The van der Waals surface area contributed by atoms with Crippen LogP contribution in [0, 0.1) is 0 Å². The zero-order chi connectivity index (χ0) is 22.0. The van der Waals surface area contributed by atoms with Crippen molar-refractivity contribution in [3.63, 3.8) is 0 Å². The van der Waals surface area contributed by atoms with Crippen LogP contribution in [0.3, 0.4) is 0 Å². The monoisotopic (exact) mass is 417 g/mol. The molecule has 0 bridgehead atoms. The quantitative estimate of drug-likeness (QED) is 0.577. The lowest BCUT2D eigenvalue weighted by atomic mass is 9.89. The molecule has 1 atom stereocenters. The number of aryl methyl sites for hydroxylation is 1. The molecule has 6 heteroatoms. The van der Waals surface area contributed by atoms with Gasteiger partial charge in [-0.2, -0.15) is 5.10 Å². The van der Waals surface area contributed by atoms with Crippen molar-refractivity contribution in [2.45, 2.75) is 39.5 Å². The van der Waals surface area contributed by atoms with Gasteiger partial charge in [-0.25, -0.2) is 0 Å². The maximum Gasteiger partial charge on any atom is 0.226 e. The maximum absolute atomic E-state index is 12.0. The van der Waals surface area contributed by atoms with Crippen LogP contribution in [0.15, 0.2) is 48.8 Å². The molecule has 0 spiro atoms. The van der Waals surface area contributed by atoms with Crippen molar-refractivity contribution in [3.8, 4) is 11.1 Å². The van der Waals surface area contributed by atoms with Crippen LogP contribution in [0.25, 0.3) is 11.1 Å². The summed E-state index contributed by atoms with van der Waals surface area (Å²) in [4.78, 5) is 14.4. The average Bonchev–Trinajstić information content (AvgIpc) is 3.13. The summed E-state index contributed by atoms with van der Waals surface area (Å²) in [5.74, 6) is 0.551. The molecule has 2 aromatic carbocycles. The SMILES string of the molecule is CC.CC1CCN(c2cccc3c2NCCC(=O)N3)c2ccc(-c3cnn(C)c3)cc21. The largest absolute Gasteiger partial charge is 0.381 e. The van der Waals surface area contributed by atoms with Gasteiger partial charge in [-0.3, -0.25) is 9.48 Å². The fourth-order valence-corrected chi connectivity index (χ4v) is 4.36. The minimum Gasteiger partial charge on any atom is -0.381 e. The van der Waals surface area contributed by atoms with E-state index in [1.807, 2.05) is 43.9 Å². The first-order valence-corrected chi connectivity index (χ1v) is 11.2. The summed E-state index contributed by atoms with van der Waals surface area (Å²) in [6, 6.07) is 12.8. The van der Waals surface area contributed by atoms with Gasteiger partial charge in [0.15, 0.2) is 0 Å². The van der Waals surface area contributed by atoms with E-state index < -0.39 is 0 Å². The van der Waals surface area contributed by atoms with Crippen LogP contribution >= 0.6 is 0 Å². The molecule has 3 heterocycles. The summed E-state index contributed by atoms with van der Waals surface area (Å²) in [6.45, 7) is 7.90. The number of aromatic nitrogens is 2. The predicted molar refractivity (Wildman–Crippen MR) is 128 cm³/mol. The average molecular weight is 418 g/mol. The molecule has 6 nitrogen and oxygen atoms in total. The highest BCUT2D eigenvalue weighted by atomic mass is 16.1. The summed E-state index contributed by atoms with van der Waals surface area (Å²) in [7, 11) is 1.94. The highest BCUT2D eigenvalue weighted by Gasteiger charge is 2.27. The third kappa shape index (κ3) is 4.02. The standard InChI is InChI=1S/C23H25N5O.C2H6/c1-15-9-11-28(21-5-3-4-19-23(21)24-10-8-22(29)26-19)20-7-6-16(12-18(15)20)17-13-25-27(2)14-17;1-2/h3-7,12-15,24H,8-11H2,1-2H3,(H,26,29);1-2H3. The fourth-order valence-electron chi connectivity index (χ4n) is 4.36. The molecular weight excluding hydrogens is 386 g/mol.